The van der Waals surface area contributed by atoms with Crippen molar-refractivity contribution in [2.45, 2.75) is 57.0 Å². The fraction of sp³-hybridized carbons (Fsp3) is 0.909. The van der Waals surface area contributed by atoms with E-state index in [4.69, 9.17) is 0 Å². The molecule has 2 fully saturated rings. The van der Waals surface area contributed by atoms with Crippen LogP contribution in [0.5, 0.6) is 0 Å². The Balaban J connectivity index is 1.69. The molecule has 0 aromatic carbocycles. The molecule has 0 aromatic heterocycles. The summed E-state index contributed by atoms with van der Waals surface area (Å²) in [5.74, 6) is 0.179. The second-order valence-electron chi connectivity index (χ2n) is 4.69. The molecule has 0 aromatic rings. The molecule has 0 heterocycles. The van der Waals surface area contributed by atoms with Crippen LogP contribution in [0.4, 0.5) is 0 Å². The Kier molecular flexibility index (Phi) is 2.77. The van der Waals surface area contributed by atoms with Crippen molar-refractivity contribution >= 4 is 5.91 Å². The van der Waals surface area contributed by atoms with Gasteiger partial charge < -0.3 is 10.6 Å². The van der Waals surface area contributed by atoms with Crippen LogP contribution in [-0.4, -0.2) is 24.0 Å². The Morgan fingerprint density at radius 3 is 2.57 bits per heavy atom. The number of amides is 1. The zero-order valence-electron chi connectivity index (χ0n) is 8.94. The normalized spacial score (nSPS) is 24.1. The lowest BCUT2D eigenvalue weighted by Gasteiger charge is -2.42. The highest BCUT2D eigenvalue weighted by Crippen LogP contribution is 2.34. The standard InChI is InChI=1S/C11H20N2O/c1-2-11(6-3-7-11)13-10(14)8-12-9-4-5-9/h9,12H,2-8H2,1H3,(H,13,14). The van der Waals surface area contributed by atoms with Gasteiger partial charge in [-0.2, -0.15) is 0 Å². The first-order chi connectivity index (χ1) is 6.74. The molecule has 0 spiro atoms. The zero-order valence-corrected chi connectivity index (χ0v) is 8.94. The summed E-state index contributed by atoms with van der Waals surface area (Å²) in [6.45, 7) is 2.67. The summed E-state index contributed by atoms with van der Waals surface area (Å²) in [7, 11) is 0. The molecule has 80 valence electrons. The van der Waals surface area contributed by atoms with Crippen molar-refractivity contribution in [3.05, 3.63) is 0 Å². The predicted molar refractivity (Wildman–Crippen MR) is 56.0 cm³/mol. The minimum atomic E-state index is 0.155. The van der Waals surface area contributed by atoms with Crippen molar-refractivity contribution in [2.24, 2.45) is 0 Å². The van der Waals surface area contributed by atoms with E-state index >= 15 is 0 Å². The van der Waals surface area contributed by atoms with E-state index in [2.05, 4.69) is 17.6 Å². The van der Waals surface area contributed by atoms with Crippen molar-refractivity contribution in [1.29, 1.82) is 0 Å². The van der Waals surface area contributed by atoms with Gasteiger partial charge in [-0.15, -0.1) is 0 Å². The predicted octanol–water partition coefficient (Wildman–Crippen LogP) is 1.19. The number of hydrogen-bond donors (Lipinski definition) is 2. The molecule has 0 bridgehead atoms. The van der Waals surface area contributed by atoms with Crippen LogP contribution in [0.1, 0.15) is 45.4 Å². The van der Waals surface area contributed by atoms with Crippen molar-refractivity contribution < 1.29 is 4.79 Å². The second kappa shape index (κ2) is 3.89. The fourth-order valence-electron chi connectivity index (χ4n) is 2.03. The van der Waals surface area contributed by atoms with Crippen LogP contribution in [0.2, 0.25) is 0 Å². The van der Waals surface area contributed by atoms with Crippen molar-refractivity contribution in [1.82, 2.24) is 10.6 Å². The van der Waals surface area contributed by atoms with E-state index in [1.807, 2.05) is 0 Å². The molecule has 3 nitrogen and oxygen atoms in total. The van der Waals surface area contributed by atoms with Gasteiger partial charge in [0.15, 0.2) is 0 Å². The van der Waals surface area contributed by atoms with E-state index < -0.39 is 0 Å². The Morgan fingerprint density at radius 1 is 1.43 bits per heavy atom. The molecule has 2 aliphatic rings. The molecular formula is C11H20N2O. The molecule has 14 heavy (non-hydrogen) atoms. The van der Waals surface area contributed by atoms with Crippen LogP contribution in [0.3, 0.4) is 0 Å². The Bertz CT molecular complexity index is 214. The van der Waals surface area contributed by atoms with Gasteiger partial charge in [0.25, 0.3) is 0 Å². The van der Waals surface area contributed by atoms with Crippen LogP contribution >= 0.6 is 0 Å². The highest BCUT2D eigenvalue weighted by molar-refractivity contribution is 5.79. The molecule has 0 atom stereocenters. The molecule has 0 unspecified atom stereocenters. The number of hydrogen-bond acceptors (Lipinski definition) is 2. The first kappa shape index (κ1) is 9.97. The molecular weight excluding hydrogens is 176 g/mol. The lowest BCUT2D eigenvalue weighted by molar-refractivity contribution is -0.123. The maximum absolute atomic E-state index is 11.6. The number of rotatable bonds is 5. The lowest BCUT2D eigenvalue weighted by Crippen LogP contribution is -2.55. The Labute approximate surface area is 85.6 Å². The van der Waals surface area contributed by atoms with Gasteiger partial charge in [-0.25, -0.2) is 0 Å². The van der Waals surface area contributed by atoms with Gasteiger partial charge in [0.2, 0.25) is 5.91 Å². The summed E-state index contributed by atoms with van der Waals surface area (Å²) >= 11 is 0. The Hall–Kier alpha value is -0.570. The molecule has 0 aliphatic heterocycles. The van der Waals surface area contributed by atoms with Crippen molar-refractivity contribution in [3.8, 4) is 0 Å². The quantitative estimate of drug-likeness (QED) is 0.693. The minimum Gasteiger partial charge on any atom is -0.350 e. The third-order valence-electron chi connectivity index (χ3n) is 3.52. The fourth-order valence-corrected chi connectivity index (χ4v) is 2.03. The number of nitrogens with one attached hydrogen (secondary N) is 2. The van der Waals surface area contributed by atoms with E-state index in [0.717, 1.165) is 6.42 Å². The second-order valence-corrected chi connectivity index (χ2v) is 4.69. The van der Waals surface area contributed by atoms with E-state index in [0.29, 0.717) is 12.6 Å². The van der Waals surface area contributed by atoms with E-state index in [9.17, 15) is 4.79 Å². The molecule has 2 N–H and O–H groups in total. The summed E-state index contributed by atoms with van der Waals surface area (Å²) in [5, 5.41) is 6.40. The highest BCUT2D eigenvalue weighted by atomic mass is 16.2. The molecule has 0 radical (unpaired) electrons. The van der Waals surface area contributed by atoms with Gasteiger partial charge in [0, 0.05) is 11.6 Å². The molecule has 2 rings (SSSR count). The smallest absolute Gasteiger partial charge is 0.234 e. The van der Waals surface area contributed by atoms with Crippen LogP contribution < -0.4 is 10.6 Å². The molecule has 1 amide bonds. The zero-order chi connectivity index (χ0) is 10.0. The number of carbonyl (C=O) groups is 1. The molecule has 3 heteroatoms. The van der Waals surface area contributed by atoms with Gasteiger partial charge in [-0.3, -0.25) is 4.79 Å². The summed E-state index contributed by atoms with van der Waals surface area (Å²) in [5.41, 5.74) is 0.155. The molecule has 0 saturated heterocycles. The highest BCUT2D eigenvalue weighted by Gasteiger charge is 2.36. The van der Waals surface area contributed by atoms with Crippen LogP contribution in [0, 0.1) is 0 Å². The summed E-state index contributed by atoms with van der Waals surface area (Å²) < 4.78 is 0. The topological polar surface area (TPSA) is 41.1 Å². The van der Waals surface area contributed by atoms with E-state index in [-0.39, 0.29) is 11.4 Å². The van der Waals surface area contributed by atoms with Crippen LogP contribution in [0.15, 0.2) is 0 Å². The van der Waals surface area contributed by atoms with Crippen molar-refractivity contribution in [3.63, 3.8) is 0 Å². The first-order valence-corrected chi connectivity index (χ1v) is 5.78. The summed E-state index contributed by atoms with van der Waals surface area (Å²) in [6, 6.07) is 0.625. The van der Waals surface area contributed by atoms with Gasteiger partial charge in [-0.05, 0) is 38.5 Å². The van der Waals surface area contributed by atoms with Gasteiger partial charge >= 0.3 is 0 Å². The maximum atomic E-state index is 11.6. The van der Waals surface area contributed by atoms with E-state index in [1.54, 1.807) is 0 Å². The first-order valence-electron chi connectivity index (χ1n) is 5.78. The monoisotopic (exact) mass is 196 g/mol. The third kappa shape index (κ3) is 2.27. The summed E-state index contributed by atoms with van der Waals surface area (Å²) in [6.07, 6.45) is 7.15. The minimum absolute atomic E-state index is 0.155. The summed E-state index contributed by atoms with van der Waals surface area (Å²) in [4.78, 5) is 11.6. The largest absolute Gasteiger partial charge is 0.350 e. The van der Waals surface area contributed by atoms with Crippen molar-refractivity contribution in [2.75, 3.05) is 6.54 Å². The maximum Gasteiger partial charge on any atom is 0.234 e. The van der Waals surface area contributed by atoms with Gasteiger partial charge in [0.05, 0.1) is 6.54 Å². The average Bonchev–Trinajstić information content (AvgIpc) is 2.91. The van der Waals surface area contributed by atoms with Crippen LogP contribution in [-0.2, 0) is 4.79 Å². The van der Waals surface area contributed by atoms with Gasteiger partial charge in [0.1, 0.15) is 0 Å². The molecule has 2 aliphatic carbocycles. The average molecular weight is 196 g/mol. The molecule has 2 saturated carbocycles. The third-order valence-corrected chi connectivity index (χ3v) is 3.52. The van der Waals surface area contributed by atoms with E-state index in [1.165, 1.54) is 32.1 Å². The number of carbonyl (C=O) groups excluding carboxylic acids is 1. The SMILES string of the molecule is CCC1(NC(=O)CNC2CC2)CCC1. The lowest BCUT2D eigenvalue weighted by atomic mass is 9.75. The van der Waals surface area contributed by atoms with Crippen LogP contribution in [0.25, 0.3) is 0 Å². The Morgan fingerprint density at radius 2 is 2.14 bits per heavy atom. The van der Waals surface area contributed by atoms with Gasteiger partial charge in [-0.1, -0.05) is 6.92 Å².